The van der Waals surface area contributed by atoms with Gasteiger partial charge < -0.3 is 9.84 Å². The minimum absolute atomic E-state index is 0.0112. The van der Waals surface area contributed by atoms with Gasteiger partial charge in [-0.2, -0.15) is 5.10 Å². The predicted molar refractivity (Wildman–Crippen MR) is 99.5 cm³/mol. The second-order valence-corrected chi connectivity index (χ2v) is 7.97. The summed E-state index contributed by atoms with van der Waals surface area (Å²) in [6.45, 7) is 5.87. The molecule has 1 N–H and O–H groups in total. The monoisotopic (exact) mass is 382 g/mol. The van der Waals surface area contributed by atoms with E-state index in [-0.39, 0.29) is 16.4 Å². The van der Waals surface area contributed by atoms with E-state index in [1.165, 1.54) is 30.7 Å². The molecule has 1 heterocycles. The molecule has 0 saturated carbocycles. The first-order chi connectivity index (χ1) is 11.4. The number of ketones is 1. The smallest absolute Gasteiger partial charge is 0.180 e. The first kappa shape index (κ1) is 18.7. The normalized spacial score (nSPS) is 12.0. The molecule has 0 aliphatic carbocycles. The second-order valence-electron chi connectivity index (χ2n) is 5.09. The van der Waals surface area contributed by atoms with E-state index < -0.39 is 0 Å². The van der Waals surface area contributed by atoms with Crippen LogP contribution in [0.5, 0.6) is 5.75 Å². The maximum absolute atomic E-state index is 11.5. The molecule has 0 saturated heterocycles. The fourth-order valence-corrected chi connectivity index (χ4v) is 4.15. The maximum atomic E-state index is 11.5. The van der Waals surface area contributed by atoms with Crippen molar-refractivity contribution < 1.29 is 14.6 Å². The van der Waals surface area contributed by atoms with Crippen molar-refractivity contribution in [3.8, 4) is 5.75 Å². The molecule has 128 valence electrons. The largest absolute Gasteiger partial charge is 0.511 e. The number of aromatic nitrogens is 2. The first-order valence-corrected chi connectivity index (χ1v) is 9.27. The molecule has 8 heteroatoms. The highest BCUT2D eigenvalue weighted by molar-refractivity contribution is 8.05. The van der Waals surface area contributed by atoms with Crippen molar-refractivity contribution in [1.29, 1.82) is 0 Å². The lowest BCUT2D eigenvalue weighted by Gasteiger charge is -2.06. The zero-order valence-electron chi connectivity index (χ0n) is 13.6. The van der Waals surface area contributed by atoms with Crippen molar-refractivity contribution in [1.82, 2.24) is 9.78 Å². The summed E-state index contributed by atoms with van der Waals surface area (Å²) in [5, 5.41) is 13.9. The van der Waals surface area contributed by atoms with Crippen molar-refractivity contribution in [2.45, 2.75) is 31.7 Å². The summed E-state index contributed by atoms with van der Waals surface area (Å²) in [5.74, 6) is 0.591. The number of carbonyl (C=O) groups excluding carboxylic acids is 1. The van der Waals surface area contributed by atoms with Crippen molar-refractivity contribution in [3.05, 3.63) is 44.4 Å². The molecule has 0 radical (unpaired) electrons. The summed E-state index contributed by atoms with van der Waals surface area (Å²) < 4.78 is 8.56. The number of nitrogens with zero attached hydrogens (tertiary/aromatic N) is 2. The fourth-order valence-electron chi connectivity index (χ4n) is 1.84. The minimum atomic E-state index is -0.199. The van der Waals surface area contributed by atoms with Crippen LogP contribution in [0.3, 0.4) is 0 Å². The molecular weight excluding hydrogens is 364 g/mol. The number of thioether (sulfide) groups is 1. The molecule has 2 aromatic rings. The number of aliphatic hydroxyl groups excluding tert-OH is 1. The number of ether oxygens (including phenoxy) is 1. The molecule has 0 aliphatic heterocycles. The maximum Gasteiger partial charge on any atom is 0.180 e. The second kappa shape index (κ2) is 8.46. The van der Waals surface area contributed by atoms with Crippen LogP contribution in [0.25, 0.3) is 0 Å². The Labute approximate surface area is 154 Å². The highest BCUT2D eigenvalue weighted by Crippen LogP contribution is 2.31. The van der Waals surface area contributed by atoms with Crippen LogP contribution < -0.4 is 4.74 Å². The van der Waals surface area contributed by atoms with E-state index >= 15 is 0 Å². The van der Waals surface area contributed by atoms with Gasteiger partial charge in [0.15, 0.2) is 14.1 Å². The lowest BCUT2D eigenvalue weighted by atomic mass is 10.2. The third-order valence-corrected chi connectivity index (χ3v) is 5.66. The van der Waals surface area contributed by atoms with Crippen molar-refractivity contribution in [3.63, 3.8) is 0 Å². The number of hydrogen-bond donors (Lipinski definition) is 1. The van der Waals surface area contributed by atoms with E-state index in [9.17, 15) is 9.90 Å². The lowest BCUT2D eigenvalue weighted by Crippen LogP contribution is -2.09. The summed E-state index contributed by atoms with van der Waals surface area (Å²) in [6.07, 6.45) is 0. The Balaban J connectivity index is 1.99. The molecule has 0 bridgehead atoms. The molecule has 1 aromatic heterocycles. The van der Waals surface area contributed by atoms with Gasteiger partial charge in [-0.15, -0.1) is 0 Å². The van der Waals surface area contributed by atoms with Crippen LogP contribution in [0, 0.1) is 10.9 Å². The van der Waals surface area contributed by atoms with Crippen molar-refractivity contribution >= 4 is 41.1 Å². The van der Waals surface area contributed by atoms with E-state index in [0.717, 1.165) is 17.5 Å². The Hall–Kier alpha value is -1.64. The average molecular weight is 383 g/mol. The number of carbonyl (C=O) groups is 1. The molecule has 0 atom stereocenters. The SMILES string of the molecule is CC(=O)/C(Sc1nn(CCOc2ccc(C)cc2)c(=S)s1)=C(\C)O. The highest BCUT2D eigenvalue weighted by atomic mass is 32.2. The molecular formula is C16H18N2O3S3. The van der Waals surface area contributed by atoms with E-state index in [4.69, 9.17) is 17.0 Å². The summed E-state index contributed by atoms with van der Waals surface area (Å²) in [5.41, 5.74) is 1.18. The van der Waals surface area contributed by atoms with E-state index in [1.807, 2.05) is 31.2 Å². The lowest BCUT2D eigenvalue weighted by molar-refractivity contribution is -0.113. The summed E-state index contributed by atoms with van der Waals surface area (Å²) in [4.78, 5) is 11.8. The minimum Gasteiger partial charge on any atom is -0.511 e. The standard InChI is InChI=1S/C16H18N2O3S3/c1-10-4-6-13(7-5-10)21-9-8-18-16(22)24-15(17-18)23-14(11(2)19)12(3)20/h4-7,19H,8-9H2,1-3H3/b14-11-. The Morgan fingerprint density at radius 3 is 2.62 bits per heavy atom. The first-order valence-electron chi connectivity index (χ1n) is 7.23. The van der Waals surface area contributed by atoms with Gasteiger partial charge in [0.05, 0.1) is 11.4 Å². The van der Waals surface area contributed by atoms with Crippen molar-refractivity contribution in [2.24, 2.45) is 0 Å². The zero-order chi connectivity index (χ0) is 17.7. The number of allylic oxidation sites excluding steroid dienone is 2. The zero-order valence-corrected chi connectivity index (χ0v) is 16.1. The van der Waals surface area contributed by atoms with E-state index in [1.54, 1.807) is 4.68 Å². The average Bonchev–Trinajstić information content (AvgIpc) is 2.86. The van der Waals surface area contributed by atoms with Crippen molar-refractivity contribution in [2.75, 3.05) is 6.61 Å². The molecule has 5 nitrogen and oxygen atoms in total. The highest BCUT2D eigenvalue weighted by Gasteiger charge is 2.14. The van der Waals surface area contributed by atoms with Crippen LogP contribution >= 0.6 is 35.3 Å². The van der Waals surface area contributed by atoms with Gasteiger partial charge in [0.1, 0.15) is 18.1 Å². The van der Waals surface area contributed by atoms with Crippen LogP contribution in [-0.4, -0.2) is 27.3 Å². The molecule has 24 heavy (non-hydrogen) atoms. The van der Waals surface area contributed by atoms with E-state index in [0.29, 0.717) is 21.4 Å². The van der Waals surface area contributed by atoms with Crippen LogP contribution in [0.15, 0.2) is 39.3 Å². The van der Waals surface area contributed by atoms with Gasteiger partial charge >= 0.3 is 0 Å². The van der Waals surface area contributed by atoms with Crippen LogP contribution in [-0.2, 0) is 11.3 Å². The summed E-state index contributed by atoms with van der Waals surface area (Å²) >= 11 is 7.72. The molecule has 1 aromatic carbocycles. The van der Waals surface area contributed by atoms with Crippen LogP contribution in [0.1, 0.15) is 19.4 Å². The molecule has 0 spiro atoms. The fraction of sp³-hybridized carbons (Fsp3) is 0.312. The number of Topliss-reactive ketones (excluding diaryl/α,β-unsaturated/α-hetero) is 1. The number of hydrogen-bond acceptors (Lipinski definition) is 7. The molecule has 0 unspecified atom stereocenters. The number of aryl methyl sites for hydroxylation is 1. The Bertz CT molecular complexity index is 803. The van der Waals surface area contributed by atoms with Crippen LogP contribution in [0.2, 0.25) is 0 Å². The molecule has 0 aliphatic rings. The van der Waals surface area contributed by atoms with Gasteiger partial charge in [-0.25, -0.2) is 4.68 Å². The number of rotatable bonds is 7. The molecule has 0 fully saturated rings. The van der Waals surface area contributed by atoms with Gasteiger partial charge in [-0.05, 0) is 45.1 Å². The Kier molecular flexibility index (Phi) is 6.59. The quantitative estimate of drug-likeness (QED) is 0.328. The summed E-state index contributed by atoms with van der Waals surface area (Å²) in [7, 11) is 0. The third kappa shape index (κ3) is 5.19. The van der Waals surface area contributed by atoms with Gasteiger partial charge in [0.2, 0.25) is 0 Å². The number of aliphatic hydroxyl groups is 1. The van der Waals surface area contributed by atoms with E-state index in [2.05, 4.69) is 5.10 Å². The Morgan fingerprint density at radius 1 is 1.38 bits per heavy atom. The predicted octanol–water partition coefficient (Wildman–Crippen LogP) is 4.53. The van der Waals surface area contributed by atoms with Gasteiger partial charge in [-0.1, -0.05) is 40.8 Å². The Morgan fingerprint density at radius 2 is 2.04 bits per heavy atom. The molecule has 0 amide bonds. The van der Waals surface area contributed by atoms with Gasteiger partial charge in [-0.3, -0.25) is 4.79 Å². The number of benzene rings is 1. The summed E-state index contributed by atoms with van der Waals surface area (Å²) in [6, 6.07) is 7.83. The third-order valence-electron chi connectivity index (χ3n) is 3.02. The topological polar surface area (TPSA) is 64.4 Å². The van der Waals surface area contributed by atoms with Gasteiger partial charge in [0, 0.05) is 0 Å². The van der Waals surface area contributed by atoms with Gasteiger partial charge in [0.25, 0.3) is 0 Å². The molecule has 2 rings (SSSR count). The van der Waals surface area contributed by atoms with Crippen LogP contribution in [0.4, 0.5) is 0 Å².